The maximum absolute atomic E-state index is 13.8. The number of anilines is 1. The number of rotatable bonds is 10. The molecule has 0 aliphatic heterocycles. The van der Waals surface area contributed by atoms with E-state index in [2.05, 4.69) is 10.0 Å². The van der Waals surface area contributed by atoms with Crippen LogP contribution >= 0.6 is 11.3 Å². The zero-order valence-corrected chi connectivity index (χ0v) is 20.2. The normalized spacial score (nSPS) is 13.2. The van der Waals surface area contributed by atoms with Gasteiger partial charge in [0.05, 0.1) is 17.7 Å². The Labute approximate surface area is 198 Å². The predicted octanol–water partition coefficient (Wildman–Crippen LogP) is 5.01. The number of aromatic nitrogens is 1. The molecule has 1 heterocycles. The SMILES string of the molecule is COc1ccc(S(=O)(=O)NCCCCCNc2nc3c(s2)CCCc2ccc(F)cc2-3)cc1. The van der Waals surface area contributed by atoms with Crippen molar-refractivity contribution < 1.29 is 17.5 Å². The van der Waals surface area contributed by atoms with Gasteiger partial charge in [0.1, 0.15) is 11.6 Å². The molecule has 9 heteroatoms. The van der Waals surface area contributed by atoms with Crippen molar-refractivity contribution in [2.24, 2.45) is 0 Å². The van der Waals surface area contributed by atoms with Crippen molar-refractivity contribution in [2.75, 3.05) is 25.5 Å². The van der Waals surface area contributed by atoms with Crippen LogP contribution in [0.5, 0.6) is 5.75 Å². The number of nitrogens with zero attached hydrogens (tertiary/aromatic N) is 1. The van der Waals surface area contributed by atoms with E-state index in [0.717, 1.165) is 67.0 Å². The predicted molar refractivity (Wildman–Crippen MR) is 130 cm³/mol. The minimum Gasteiger partial charge on any atom is -0.497 e. The molecule has 0 saturated heterocycles. The quantitative estimate of drug-likeness (QED) is 0.392. The summed E-state index contributed by atoms with van der Waals surface area (Å²) < 4.78 is 46.2. The van der Waals surface area contributed by atoms with Crippen LogP contribution in [0.1, 0.15) is 36.1 Å². The summed E-state index contributed by atoms with van der Waals surface area (Å²) in [7, 11) is -1.97. The van der Waals surface area contributed by atoms with Gasteiger partial charge in [0.15, 0.2) is 5.13 Å². The van der Waals surface area contributed by atoms with Crippen molar-refractivity contribution >= 4 is 26.5 Å². The molecule has 33 heavy (non-hydrogen) atoms. The van der Waals surface area contributed by atoms with Gasteiger partial charge in [-0.1, -0.05) is 12.5 Å². The molecule has 176 valence electrons. The number of thiazole rings is 1. The Balaban J connectivity index is 1.22. The number of ether oxygens (including phenoxy) is 1. The third-order valence-electron chi connectivity index (χ3n) is 5.67. The smallest absolute Gasteiger partial charge is 0.240 e. The summed E-state index contributed by atoms with van der Waals surface area (Å²) in [6, 6.07) is 11.3. The number of halogens is 1. The molecule has 0 unspecified atom stereocenters. The molecule has 0 atom stereocenters. The number of benzene rings is 2. The second kappa shape index (κ2) is 10.6. The van der Waals surface area contributed by atoms with Gasteiger partial charge < -0.3 is 10.1 Å². The number of aryl methyl sites for hydroxylation is 2. The fraction of sp³-hybridized carbons (Fsp3) is 0.375. The summed E-state index contributed by atoms with van der Waals surface area (Å²) in [5.74, 6) is 0.390. The molecular formula is C24H28FN3O3S2. The minimum absolute atomic E-state index is 0.230. The maximum Gasteiger partial charge on any atom is 0.240 e. The fourth-order valence-electron chi connectivity index (χ4n) is 3.90. The first kappa shape index (κ1) is 23.7. The lowest BCUT2D eigenvalue weighted by atomic mass is 10.0. The van der Waals surface area contributed by atoms with Crippen LogP contribution in [-0.2, 0) is 22.9 Å². The molecule has 6 nitrogen and oxygen atoms in total. The van der Waals surface area contributed by atoms with E-state index in [-0.39, 0.29) is 10.7 Å². The lowest BCUT2D eigenvalue weighted by Gasteiger charge is -2.08. The van der Waals surface area contributed by atoms with E-state index in [1.807, 2.05) is 6.07 Å². The van der Waals surface area contributed by atoms with Crippen LogP contribution in [0.3, 0.4) is 0 Å². The summed E-state index contributed by atoms with van der Waals surface area (Å²) >= 11 is 1.64. The first-order valence-electron chi connectivity index (χ1n) is 11.1. The van der Waals surface area contributed by atoms with Crippen molar-refractivity contribution in [3.63, 3.8) is 0 Å². The molecule has 0 bridgehead atoms. The molecule has 4 rings (SSSR count). The highest BCUT2D eigenvalue weighted by Gasteiger charge is 2.20. The fourth-order valence-corrected chi connectivity index (χ4v) is 6.02. The Morgan fingerprint density at radius 2 is 1.85 bits per heavy atom. The highest BCUT2D eigenvalue weighted by Crippen LogP contribution is 2.37. The Morgan fingerprint density at radius 3 is 2.64 bits per heavy atom. The molecule has 2 N–H and O–H groups in total. The number of hydrogen-bond donors (Lipinski definition) is 2. The first-order valence-corrected chi connectivity index (χ1v) is 13.4. The molecule has 0 spiro atoms. The summed E-state index contributed by atoms with van der Waals surface area (Å²) in [5.41, 5.74) is 2.97. The van der Waals surface area contributed by atoms with Gasteiger partial charge in [-0.15, -0.1) is 11.3 Å². The van der Waals surface area contributed by atoms with Crippen LogP contribution in [0.2, 0.25) is 0 Å². The molecule has 0 fully saturated rings. The summed E-state index contributed by atoms with van der Waals surface area (Å²) in [6.45, 7) is 1.15. The average Bonchev–Trinajstić information content (AvgIpc) is 3.14. The Hall–Kier alpha value is -2.49. The van der Waals surface area contributed by atoms with Crippen LogP contribution in [0.4, 0.5) is 9.52 Å². The van der Waals surface area contributed by atoms with Gasteiger partial charge in [-0.3, -0.25) is 0 Å². The molecule has 1 aliphatic carbocycles. The molecule has 0 amide bonds. The van der Waals surface area contributed by atoms with Crippen LogP contribution in [0.25, 0.3) is 11.3 Å². The van der Waals surface area contributed by atoms with Crippen molar-refractivity contribution in [2.45, 2.75) is 43.4 Å². The third kappa shape index (κ3) is 5.90. The van der Waals surface area contributed by atoms with Crippen LogP contribution in [0.15, 0.2) is 47.4 Å². The molecule has 0 saturated carbocycles. The molecule has 1 aromatic heterocycles. The largest absolute Gasteiger partial charge is 0.497 e. The van der Waals surface area contributed by atoms with Crippen LogP contribution in [0, 0.1) is 5.82 Å². The van der Waals surface area contributed by atoms with Crippen molar-refractivity contribution in [1.82, 2.24) is 9.71 Å². The molecular weight excluding hydrogens is 461 g/mol. The summed E-state index contributed by atoms with van der Waals surface area (Å²) in [6.07, 6.45) is 5.48. The van der Waals surface area contributed by atoms with Gasteiger partial charge in [-0.05, 0) is 74.1 Å². The molecule has 0 radical (unpaired) electrons. The van der Waals surface area contributed by atoms with E-state index >= 15 is 0 Å². The van der Waals surface area contributed by atoms with E-state index in [1.54, 1.807) is 36.6 Å². The summed E-state index contributed by atoms with van der Waals surface area (Å²) in [4.78, 5) is 6.18. The van der Waals surface area contributed by atoms with Crippen molar-refractivity contribution in [3.05, 3.63) is 58.7 Å². The van der Waals surface area contributed by atoms with E-state index in [0.29, 0.717) is 12.3 Å². The number of methoxy groups -OCH3 is 1. The van der Waals surface area contributed by atoms with Gasteiger partial charge in [-0.25, -0.2) is 22.5 Å². The Kier molecular flexibility index (Phi) is 7.62. The van der Waals surface area contributed by atoms with E-state index < -0.39 is 10.0 Å². The number of sulfonamides is 1. The number of nitrogens with one attached hydrogen (secondary N) is 2. The average molecular weight is 490 g/mol. The second-order valence-electron chi connectivity index (χ2n) is 8.01. The standard InChI is InChI=1S/C24H28FN3O3S2/c1-31-19-10-12-20(13-11-19)33(29,30)27-15-4-2-3-14-26-24-28-23-21-16-18(25)9-8-17(21)6-5-7-22(23)32-24/h8-13,16,27H,2-7,14-15H2,1H3,(H,26,28). The number of hydrogen-bond acceptors (Lipinski definition) is 6. The monoisotopic (exact) mass is 489 g/mol. The topological polar surface area (TPSA) is 80.3 Å². The van der Waals surface area contributed by atoms with Crippen LogP contribution < -0.4 is 14.8 Å². The van der Waals surface area contributed by atoms with Gasteiger partial charge in [0.2, 0.25) is 10.0 Å². The highest BCUT2D eigenvalue weighted by atomic mass is 32.2. The zero-order valence-electron chi connectivity index (χ0n) is 18.6. The Bertz CT molecular complexity index is 1190. The van der Waals surface area contributed by atoms with Crippen molar-refractivity contribution in [1.29, 1.82) is 0 Å². The van der Waals surface area contributed by atoms with E-state index in [4.69, 9.17) is 9.72 Å². The van der Waals surface area contributed by atoms with E-state index in [1.165, 1.54) is 23.1 Å². The van der Waals surface area contributed by atoms with Gasteiger partial charge >= 0.3 is 0 Å². The van der Waals surface area contributed by atoms with Crippen LogP contribution in [-0.4, -0.2) is 33.6 Å². The Morgan fingerprint density at radius 1 is 1.06 bits per heavy atom. The summed E-state index contributed by atoms with van der Waals surface area (Å²) in [5, 5.41) is 4.23. The lowest BCUT2D eigenvalue weighted by Crippen LogP contribution is -2.24. The second-order valence-corrected chi connectivity index (χ2v) is 10.9. The number of fused-ring (bicyclic) bond motifs is 3. The molecule has 2 aromatic carbocycles. The van der Waals surface area contributed by atoms with Gasteiger partial charge in [0.25, 0.3) is 0 Å². The number of unbranched alkanes of at least 4 members (excludes halogenated alkanes) is 2. The maximum atomic E-state index is 13.8. The third-order valence-corrected chi connectivity index (χ3v) is 8.22. The van der Waals surface area contributed by atoms with E-state index in [9.17, 15) is 12.8 Å². The molecule has 1 aliphatic rings. The van der Waals surface area contributed by atoms with Gasteiger partial charge in [0, 0.05) is 23.5 Å². The highest BCUT2D eigenvalue weighted by molar-refractivity contribution is 7.89. The lowest BCUT2D eigenvalue weighted by molar-refractivity contribution is 0.414. The first-order chi connectivity index (χ1) is 16.0. The minimum atomic E-state index is -3.51. The van der Waals surface area contributed by atoms with Gasteiger partial charge in [-0.2, -0.15) is 0 Å². The van der Waals surface area contributed by atoms with Crippen molar-refractivity contribution in [3.8, 4) is 17.0 Å². The zero-order chi connectivity index (χ0) is 23.3. The molecule has 3 aromatic rings.